The Hall–Kier alpha value is -3.03. The smallest absolute Gasteiger partial charge is 0.243 e. The summed E-state index contributed by atoms with van der Waals surface area (Å²) in [6.45, 7) is 0.678. The summed E-state index contributed by atoms with van der Waals surface area (Å²) in [4.78, 5) is 4.74. The van der Waals surface area contributed by atoms with Gasteiger partial charge in [0.05, 0.1) is 10.8 Å². The summed E-state index contributed by atoms with van der Waals surface area (Å²) in [7, 11) is -3.54. The predicted molar refractivity (Wildman–Crippen MR) is 105 cm³/mol. The van der Waals surface area contributed by atoms with Crippen LogP contribution in [0.25, 0.3) is 22.2 Å². The molecule has 0 radical (unpaired) electrons. The summed E-state index contributed by atoms with van der Waals surface area (Å²) in [6, 6.07) is 22.5. The number of rotatable bonds is 4. The third-order valence-electron chi connectivity index (χ3n) is 5.03. The van der Waals surface area contributed by atoms with Crippen LogP contribution in [0.15, 0.2) is 82.2 Å². The molecule has 1 aliphatic rings. The monoisotopic (exact) mass is 391 g/mol. The number of nitrogens with zero attached hydrogens (tertiary/aromatic N) is 3. The molecule has 5 rings (SSSR count). The maximum absolute atomic E-state index is 12.9. The van der Waals surface area contributed by atoms with Crippen LogP contribution in [0.1, 0.15) is 11.8 Å². The maximum atomic E-state index is 12.9. The Labute approximate surface area is 162 Å². The molecule has 140 valence electrons. The van der Waals surface area contributed by atoms with Crippen molar-refractivity contribution >= 4 is 20.8 Å². The zero-order valence-corrected chi connectivity index (χ0v) is 15.7. The van der Waals surface area contributed by atoms with E-state index < -0.39 is 10.0 Å². The first-order valence-corrected chi connectivity index (χ1v) is 10.4. The van der Waals surface area contributed by atoms with E-state index >= 15 is 0 Å². The Balaban J connectivity index is 1.34. The van der Waals surface area contributed by atoms with Gasteiger partial charge in [0.1, 0.15) is 0 Å². The van der Waals surface area contributed by atoms with Crippen LogP contribution in [0.4, 0.5) is 0 Å². The molecule has 0 bridgehead atoms. The Morgan fingerprint density at radius 2 is 1.61 bits per heavy atom. The topological polar surface area (TPSA) is 76.3 Å². The highest BCUT2D eigenvalue weighted by atomic mass is 32.2. The van der Waals surface area contributed by atoms with Crippen LogP contribution in [0, 0.1) is 0 Å². The molecule has 1 aliphatic heterocycles. The Morgan fingerprint density at radius 1 is 0.893 bits per heavy atom. The molecule has 2 heterocycles. The lowest BCUT2D eigenvalue weighted by molar-refractivity contribution is 0.217. The van der Waals surface area contributed by atoms with Crippen LogP contribution in [-0.2, 0) is 10.0 Å². The van der Waals surface area contributed by atoms with E-state index in [-0.39, 0.29) is 5.92 Å². The summed E-state index contributed by atoms with van der Waals surface area (Å²) < 4.78 is 32.7. The van der Waals surface area contributed by atoms with Gasteiger partial charge in [0.15, 0.2) is 0 Å². The Morgan fingerprint density at radius 3 is 2.39 bits per heavy atom. The molecule has 28 heavy (non-hydrogen) atoms. The molecule has 3 aromatic carbocycles. The van der Waals surface area contributed by atoms with E-state index in [0.717, 1.165) is 16.3 Å². The van der Waals surface area contributed by atoms with Gasteiger partial charge in [-0.15, -0.1) is 0 Å². The average molecular weight is 391 g/mol. The van der Waals surface area contributed by atoms with Crippen molar-refractivity contribution in [3.63, 3.8) is 0 Å². The van der Waals surface area contributed by atoms with Crippen LogP contribution in [0.5, 0.6) is 0 Å². The molecule has 1 aromatic heterocycles. The minimum Gasteiger partial charge on any atom is -0.339 e. The van der Waals surface area contributed by atoms with Crippen molar-refractivity contribution in [2.45, 2.75) is 10.8 Å². The van der Waals surface area contributed by atoms with Crippen LogP contribution in [0.2, 0.25) is 0 Å². The molecule has 0 aliphatic carbocycles. The van der Waals surface area contributed by atoms with Crippen LogP contribution < -0.4 is 0 Å². The highest BCUT2D eigenvalue weighted by Crippen LogP contribution is 2.33. The third kappa shape index (κ3) is 2.89. The summed E-state index contributed by atoms with van der Waals surface area (Å²) in [5.41, 5.74) is 0.873. The van der Waals surface area contributed by atoms with E-state index in [1.807, 2.05) is 60.7 Å². The Bertz CT molecular complexity index is 1250. The first-order chi connectivity index (χ1) is 13.6. The lowest BCUT2D eigenvalue weighted by Gasteiger charge is -2.35. The minimum atomic E-state index is -3.54. The van der Waals surface area contributed by atoms with Crippen LogP contribution in [-0.4, -0.2) is 36.0 Å². The molecule has 1 fully saturated rings. The first kappa shape index (κ1) is 17.1. The molecule has 0 unspecified atom stereocenters. The summed E-state index contributed by atoms with van der Waals surface area (Å²) in [5.74, 6) is 0.912. The van der Waals surface area contributed by atoms with E-state index in [1.165, 1.54) is 4.31 Å². The number of benzene rings is 3. The van der Waals surface area contributed by atoms with E-state index in [0.29, 0.717) is 29.7 Å². The highest BCUT2D eigenvalue weighted by Gasteiger charge is 2.40. The first-order valence-electron chi connectivity index (χ1n) is 8.99. The molecule has 6 nitrogen and oxygen atoms in total. The van der Waals surface area contributed by atoms with Gasteiger partial charge in [-0.05, 0) is 22.9 Å². The summed E-state index contributed by atoms with van der Waals surface area (Å²) in [5, 5.41) is 5.94. The largest absolute Gasteiger partial charge is 0.339 e. The van der Waals surface area contributed by atoms with Gasteiger partial charge in [0, 0.05) is 18.7 Å². The Kier molecular flexibility index (Phi) is 3.99. The van der Waals surface area contributed by atoms with Crippen LogP contribution >= 0.6 is 0 Å². The van der Waals surface area contributed by atoms with Crippen molar-refractivity contribution in [1.82, 2.24) is 14.4 Å². The molecule has 0 amide bonds. The quantitative estimate of drug-likeness (QED) is 0.530. The van der Waals surface area contributed by atoms with E-state index in [1.54, 1.807) is 12.1 Å². The fourth-order valence-corrected chi connectivity index (χ4v) is 4.94. The average Bonchev–Trinajstić information content (AvgIpc) is 3.16. The maximum Gasteiger partial charge on any atom is 0.243 e. The molecular weight excluding hydrogens is 374 g/mol. The van der Waals surface area contributed by atoms with Gasteiger partial charge < -0.3 is 4.52 Å². The number of fused-ring (bicyclic) bond motifs is 1. The zero-order chi connectivity index (χ0) is 19.1. The van der Waals surface area contributed by atoms with Gasteiger partial charge in [-0.2, -0.15) is 9.29 Å². The molecule has 0 spiro atoms. The highest BCUT2D eigenvalue weighted by molar-refractivity contribution is 7.89. The van der Waals surface area contributed by atoms with Gasteiger partial charge in [0.25, 0.3) is 0 Å². The van der Waals surface area contributed by atoms with Crippen molar-refractivity contribution in [1.29, 1.82) is 0 Å². The second-order valence-corrected chi connectivity index (χ2v) is 8.79. The molecular formula is C21H17N3O3S. The molecule has 0 saturated carbocycles. The van der Waals surface area contributed by atoms with Crippen LogP contribution in [0.3, 0.4) is 0 Å². The third-order valence-corrected chi connectivity index (χ3v) is 6.86. The number of hydrogen-bond donors (Lipinski definition) is 0. The minimum absolute atomic E-state index is 0.0832. The van der Waals surface area contributed by atoms with Crippen molar-refractivity contribution in [3.8, 4) is 11.4 Å². The van der Waals surface area contributed by atoms with Gasteiger partial charge in [-0.3, -0.25) is 0 Å². The SMILES string of the molecule is O=S(=O)(c1ccc2ccccc2c1)N1CC(c2nc(-c3ccccc3)no2)C1. The van der Waals surface area contributed by atoms with E-state index in [9.17, 15) is 8.42 Å². The summed E-state index contributed by atoms with van der Waals surface area (Å²) in [6.07, 6.45) is 0. The lowest BCUT2D eigenvalue weighted by Crippen LogP contribution is -2.48. The summed E-state index contributed by atoms with van der Waals surface area (Å²) >= 11 is 0. The molecule has 0 N–H and O–H groups in total. The molecule has 7 heteroatoms. The lowest BCUT2D eigenvalue weighted by atomic mass is 10.0. The van der Waals surface area contributed by atoms with E-state index in [4.69, 9.17) is 4.52 Å². The van der Waals surface area contributed by atoms with Gasteiger partial charge in [0.2, 0.25) is 21.7 Å². The van der Waals surface area contributed by atoms with Crippen molar-refractivity contribution in [2.24, 2.45) is 0 Å². The standard InChI is InChI=1S/C21H17N3O3S/c25-28(26,19-11-10-15-6-4-5-9-17(15)12-19)24-13-18(14-24)21-22-20(23-27-21)16-7-2-1-3-8-16/h1-12,18H,13-14H2. The number of sulfonamides is 1. The molecule has 1 saturated heterocycles. The van der Waals surface area contributed by atoms with Gasteiger partial charge in [-0.25, -0.2) is 8.42 Å². The fourth-order valence-electron chi connectivity index (χ4n) is 3.37. The number of hydrogen-bond acceptors (Lipinski definition) is 5. The molecule has 0 atom stereocenters. The number of aromatic nitrogens is 2. The van der Waals surface area contributed by atoms with Crippen molar-refractivity contribution < 1.29 is 12.9 Å². The molecule has 4 aromatic rings. The van der Waals surface area contributed by atoms with Gasteiger partial charge >= 0.3 is 0 Å². The normalized spacial score (nSPS) is 15.6. The fraction of sp³-hybridized carbons (Fsp3) is 0.143. The van der Waals surface area contributed by atoms with Gasteiger partial charge in [-0.1, -0.05) is 65.8 Å². The zero-order valence-electron chi connectivity index (χ0n) is 14.9. The van der Waals surface area contributed by atoms with Crippen molar-refractivity contribution in [3.05, 3.63) is 78.7 Å². The predicted octanol–water partition coefficient (Wildman–Crippen LogP) is 3.68. The van der Waals surface area contributed by atoms with Crippen molar-refractivity contribution in [2.75, 3.05) is 13.1 Å². The second kappa shape index (κ2) is 6.54. The van der Waals surface area contributed by atoms with E-state index in [2.05, 4.69) is 10.1 Å². The second-order valence-electron chi connectivity index (χ2n) is 6.85.